The molecule has 0 saturated carbocycles. The SMILES string of the molecule is O=C(NC1CCSC1=O)c1ccc(Nc2cc3c(C4=CCCCC4)nccc3cn2)cc1. The molecule has 7 heteroatoms. The molecule has 2 aromatic heterocycles. The number of thioether (sulfide) groups is 1. The minimum absolute atomic E-state index is 0.0388. The molecule has 0 radical (unpaired) electrons. The number of fused-ring (bicyclic) bond motifs is 1. The minimum atomic E-state index is -0.380. The second-order valence-corrected chi connectivity index (χ2v) is 9.21. The van der Waals surface area contributed by atoms with Gasteiger partial charge in [-0.1, -0.05) is 17.8 Å². The zero-order valence-corrected chi connectivity index (χ0v) is 18.5. The third-order valence-electron chi connectivity index (χ3n) is 5.90. The Morgan fingerprint density at radius 3 is 2.72 bits per heavy atom. The Labute approximate surface area is 190 Å². The summed E-state index contributed by atoms with van der Waals surface area (Å²) >= 11 is 1.28. The highest BCUT2D eigenvalue weighted by molar-refractivity contribution is 8.14. The molecule has 1 amide bonds. The van der Waals surface area contributed by atoms with E-state index in [9.17, 15) is 9.59 Å². The van der Waals surface area contributed by atoms with E-state index < -0.39 is 0 Å². The number of anilines is 2. The van der Waals surface area contributed by atoms with Gasteiger partial charge in [0.25, 0.3) is 5.91 Å². The molecule has 1 aliphatic heterocycles. The summed E-state index contributed by atoms with van der Waals surface area (Å²) in [5, 5.41) is 8.34. The van der Waals surface area contributed by atoms with Crippen LogP contribution in [0, 0.1) is 0 Å². The molecule has 3 heterocycles. The molecule has 3 aromatic rings. The number of amides is 1. The van der Waals surface area contributed by atoms with Gasteiger partial charge in [-0.2, -0.15) is 0 Å². The third-order valence-corrected chi connectivity index (χ3v) is 6.91. The van der Waals surface area contributed by atoms with Crippen LogP contribution in [-0.4, -0.2) is 32.8 Å². The number of hydrogen-bond donors (Lipinski definition) is 2. The van der Waals surface area contributed by atoms with Gasteiger partial charge in [-0.05, 0) is 74.1 Å². The van der Waals surface area contributed by atoms with Crippen LogP contribution < -0.4 is 10.6 Å². The molecular formula is C25H24N4O2S. The van der Waals surface area contributed by atoms with Gasteiger partial charge in [-0.15, -0.1) is 0 Å². The fourth-order valence-corrected chi connectivity index (χ4v) is 5.10. The van der Waals surface area contributed by atoms with Gasteiger partial charge in [0.2, 0.25) is 5.12 Å². The van der Waals surface area contributed by atoms with Gasteiger partial charge in [-0.25, -0.2) is 4.98 Å². The topological polar surface area (TPSA) is 84.0 Å². The van der Waals surface area contributed by atoms with E-state index in [0.717, 1.165) is 46.6 Å². The standard InChI is InChI=1S/C25H24N4O2S/c30-24(29-21-11-13-32-25(21)31)17-6-8-19(9-7-17)28-22-14-20-18(15-27-22)10-12-26-23(20)16-4-2-1-3-5-16/h4,6-10,12,14-15,21H,1-3,5,11,13H2,(H,27,28)(H,29,30). The Morgan fingerprint density at radius 2 is 1.97 bits per heavy atom. The van der Waals surface area contributed by atoms with Crippen molar-refractivity contribution in [2.24, 2.45) is 0 Å². The Kier molecular flexibility index (Phi) is 5.90. The third kappa shape index (κ3) is 4.39. The van der Waals surface area contributed by atoms with E-state index in [2.05, 4.69) is 26.7 Å². The van der Waals surface area contributed by atoms with Crippen LogP contribution in [0.2, 0.25) is 0 Å². The summed E-state index contributed by atoms with van der Waals surface area (Å²) in [4.78, 5) is 33.4. The molecule has 1 atom stereocenters. The zero-order valence-electron chi connectivity index (χ0n) is 17.6. The van der Waals surface area contributed by atoms with Crippen LogP contribution in [0.15, 0.2) is 54.9 Å². The second-order valence-electron chi connectivity index (χ2n) is 8.11. The number of carbonyl (C=O) groups is 2. The van der Waals surface area contributed by atoms with Crippen molar-refractivity contribution in [2.75, 3.05) is 11.1 Å². The van der Waals surface area contributed by atoms with Gasteiger partial charge >= 0.3 is 0 Å². The van der Waals surface area contributed by atoms with Crippen LogP contribution in [0.1, 0.15) is 48.2 Å². The van der Waals surface area contributed by atoms with Crippen molar-refractivity contribution in [3.63, 3.8) is 0 Å². The average Bonchev–Trinajstić information content (AvgIpc) is 3.24. The number of allylic oxidation sites excluding steroid dienone is 2. The van der Waals surface area contributed by atoms with Gasteiger partial charge < -0.3 is 10.6 Å². The first-order chi connectivity index (χ1) is 15.7. The summed E-state index contributed by atoms with van der Waals surface area (Å²) in [6.07, 6.45) is 11.3. The highest BCUT2D eigenvalue weighted by Gasteiger charge is 2.27. The predicted molar refractivity (Wildman–Crippen MR) is 129 cm³/mol. The number of rotatable bonds is 5. The lowest BCUT2D eigenvalue weighted by Crippen LogP contribution is -2.37. The first kappa shape index (κ1) is 20.7. The van der Waals surface area contributed by atoms with Gasteiger partial charge in [0.1, 0.15) is 5.82 Å². The van der Waals surface area contributed by atoms with Crippen molar-refractivity contribution in [1.29, 1.82) is 0 Å². The molecule has 1 aromatic carbocycles. The summed E-state index contributed by atoms with van der Waals surface area (Å²) in [6, 6.07) is 10.8. The first-order valence-corrected chi connectivity index (χ1v) is 11.9. The molecule has 2 N–H and O–H groups in total. The number of benzene rings is 1. The highest BCUT2D eigenvalue weighted by Crippen LogP contribution is 2.31. The molecule has 1 saturated heterocycles. The normalized spacial score (nSPS) is 18.4. The quantitative estimate of drug-likeness (QED) is 0.570. The van der Waals surface area contributed by atoms with Crippen LogP contribution in [0.4, 0.5) is 11.5 Å². The van der Waals surface area contributed by atoms with Crippen LogP contribution in [0.3, 0.4) is 0 Å². The summed E-state index contributed by atoms with van der Waals surface area (Å²) in [7, 11) is 0. The highest BCUT2D eigenvalue weighted by atomic mass is 32.2. The van der Waals surface area contributed by atoms with Crippen molar-refractivity contribution < 1.29 is 9.59 Å². The fraction of sp³-hybridized carbons (Fsp3) is 0.280. The van der Waals surface area contributed by atoms with E-state index in [-0.39, 0.29) is 17.1 Å². The molecule has 1 aliphatic carbocycles. The predicted octanol–water partition coefficient (Wildman–Crippen LogP) is 5.09. The molecule has 0 bridgehead atoms. The largest absolute Gasteiger partial charge is 0.341 e. The molecule has 1 unspecified atom stereocenters. The Morgan fingerprint density at radius 1 is 1.09 bits per heavy atom. The van der Waals surface area contributed by atoms with Crippen LogP contribution in [0.5, 0.6) is 0 Å². The molecular weight excluding hydrogens is 420 g/mol. The monoisotopic (exact) mass is 444 g/mol. The number of carbonyl (C=O) groups excluding carboxylic acids is 2. The number of nitrogens with one attached hydrogen (secondary N) is 2. The smallest absolute Gasteiger partial charge is 0.251 e. The second kappa shape index (κ2) is 9.12. The maximum absolute atomic E-state index is 12.4. The summed E-state index contributed by atoms with van der Waals surface area (Å²) in [5.41, 5.74) is 3.72. The van der Waals surface area contributed by atoms with Crippen molar-refractivity contribution in [1.82, 2.24) is 15.3 Å². The van der Waals surface area contributed by atoms with E-state index in [1.165, 1.54) is 30.2 Å². The van der Waals surface area contributed by atoms with Crippen LogP contribution in [-0.2, 0) is 4.79 Å². The maximum Gasteiger partial charge on any atom is 0.251 e. The fourth-order valence-electron chi connectivity index (χ4n) is 4.16. The lowest BCUT2D eigenvalue weighted by atomic mass is 9.94. The number of nitrogens with zero attached hydrogens (tertiary/aromatic N) is 2. The summed E-state index contributed by atoms with van der Waals surface area (Å²) in [6.45, 7) is 0. The van der Waals surface area contributed by atoms with E-state index in [1.54, 1.807) is 12.1 Å². The van der Waals surface area contributed by atoms with E-state index in [0.29, 0.717) is 12.0 Å². The molecule has 162 valence electrons. The lowest BCUT2D eigenvalue weighted by Gasteiger charge is -2.15. The summed E-state index contributed by atoms with van der Waals surface area (Å²) in [5.74, 6) is 1.27. The van der Waals surface area contributed by atoms with Gasteiger partial charge in [0.15, 0.2) is 0 Å². The minimum Gasteiger partial charge on any atom is -0.341 e. The van der Waals surface area contributed by atoms with Crippen LogP contribution in [0.25, 0.3) is 16.3 Å². The zero-order chi connectivity index (χ0) is 21.9. The lowest BCUT2D eigenvalue weighted by molar-refractivity contribution is -0.112. The van der Waals surface area contributed by atoms with Gasteiger partial charge in [0.05, 0.1) is 11.7 Å². The molecule has 0 spiro atoms. The van der Waals surface area contributed by atoms with E-state index >= 15 is 0 Å². The molecule has 6 nitrogen and oxygen atoms in total. The molecule has 2 aliphatic rings. The molecule has 1 fully saturated rings. The van der Waals surface area contributed by atoms with Crippen molar-refractivity contribution in [3.05, 3.63) is 66.1 Å². The number of hydrogen-bond acceptors (Lipinski definition) is 6. The Bertz CT molecular complexity index is 1210. The number of aromatic nitrogens is 2. The Balaban J connectivity index is 1.33. The maximum atomic E-state index is 12.4. The average molecular weight is 445 g/mol. The Hall–Kier alpha value is -3.19. The van der Waals surface area contributed by atoms with E-state index in [1.807, 2.05) is 36.7 Å². The number of pyridine rings is 2. The van der Waals surface area contributed by atoms with Crippen LogP contribution >= 0.6 is 11.8 Å². The first-order valence-electron chi connectivity index (χ1n) is 11.0. The summed E-state index contributed by atoms with van der Waals surface area (Å²) < 4.78 is 0. The van der Waals surface area contributed by atoms with Crippen molar-refractivity contribution in [3.8, 4) is 0 Å². The molecule has 32 heavy (non-hydrogen) atoms. The molecule has 5 rings (SSSR count). The van der Waals surface area contributed by atoms with Gasteiger partial charge in [0, 0.05) is 40.2 Å². The van der Waals surface area contributed by atoms with Crippen molar-refractivity contribution >= 4 is 50.6 Å². The van der Waals surface area contributed by atoms with Gasteiger partial charge in [-0.3, -0.25) is 14.6 Å². The van der Waals surface area contributed by atoms with Crippen molar-refractivity contribution in [2.45, 2.75) is 38.1 Å². The van der Waals surface area contributed by atoms with E-state index in [4.69, 9.17) is 0 Å².